The van der Waals surface area contributed by atoms with Crippen LogP contribution in [-0.4, -0.2) is 15.5 Å². The number of nitrogens with one attached hydrogen (secondary N) is 1. The van der Waals surface area contributed by atoms with E-state index in [1.807, 2.05) is 0 Å². The molecule has 0 fully saturated rings. The van der Waals surface area contributed by atoms with Crippen LogP contribution >= 0.6 is 11.3 Å². The molecule has 3 aromatic rings. The van der Waals surface area contributed by atoms with Gasteiger partial charge in [-0.1, -0.05) is 0 Å². The second kappa shape index (κ2) is 6.17. The molecule has 0 radical (unpaired) electrons. The van der Waals surface area contributed by atoms with Crippen LogP contribution in [0.2, 0.25) is 0 Å². The Bertz CT molecular complexity index is 973. The van der Waals surface area contributed by atoms with Gasteiger partial charge in [0.2, 0.25) is 5.91 Å². The van der Waals surface area contributed by atoms with Gasteiger partial charge in [0.25, 0.3) is 5.56 Å². The van der Waals surface area contributed by atoms with Gasteiger partial charge in [0, 0.05) is 36.8 Å². The highest BCUT2D eigenvalue weighted by atomic mass is 32.1. The minimum Gasteiger partial charge on any atom is -0.422 e. The summed E-state index contributed by atoms with van der Waals surface area (Å²) in [5.74, 6) is -0.219. The number of carbonyl (C=O) groups is 1. The third-order valence-electron chi connectivity index (χ3n) is 3.32. The average molecular weight is 331 g/mol. The van der Waals surface area contributed by atoms with Gasteiger partial charge in [0.05, 0.1) is 5.39 Å². The third-order valence-corrected chi connectivity index (χ3v) is 4.01. The monoisotopic (exact) mass is 331 g/mol. The molecule has 0 atom stereocenters. The van der Waals surface area contributed by atoms with Gasteiger partial charge in [0.15, 0.2) is 5.13 Å². The number of nitrogens with zero attached hydrogens (tertiary/aromatic N) is 2. The summed E-state index contributed by atoms with van der Waals surface area (Å²) in [6.07, 6.45) is 3.26. The van der Waals surface area contributed by atoms with Crippen LogP contribution in [-0.2, 0) is 11.3 Å². The number of fused-ring (bicyclic) bond motifs is 1. The molecule has 0 aliphatic carbocycles. The van der Waals surface area contributed by atoms with Crippen LogP contribution < -0.4 is 16.5 Å². The third kappa shape index (κ3) is 3.21. The summed E-state index contributed by atoms with van der Waals surface area (Å²) in [5, 5.41) is 5.31. The summed E-state index contributed by atoms with van der Waals surface area (Å²) >= 11 is 1.33. The van der Waals surface area contributed by atoms with Gasteiger partial charge in [-0.2, -0.15) is 0 Å². The Morgan fingerprint density at radius 3 is 3.00 bits per heavy atom. The van der Waals surface area contributed by atoms with E-state index >= 15 is 0 Å². The van der Waals surface area contributed by atoms with Crippen molar-refractivity contribution < 1.29 is 9.21 Å². The van der Waals surface area contributed by atoms with Crippen LogP contribution in [0.4, 0.5) is 5.13 Å². The van der Waals surface area contributed by atoms with Crippen molar-refractivity contribution in [3.63, 3.8) is 0 Å². The van der Waals surface area contributed by atoms with Gasteiger partial charge in [0.1, 0.15) is 5.58 Å². The van der Waals surface area contributed by atoms with Gasteiger partial charge < -0.3 is 14.3 Å². The van der Waals surface area contributed by atoms with Crippen molar-refractivity contribution in [2.24, 2.45) is 0 Å². The second-order valence-electron chi connectivity index (χ2n) is 4.94. The van der Waals surface area contributed by atoms with E-state index in [-0.39, 0.29) is 30.0 Å². The molecule has 7 nitrogen and oxygen atoms in total. The van der Waals surface area contributed by atoms with Crippen molar-refractivity contribution in [2.75, 3.05) is 5.32 Å². The fourth-order valence-electron chi connectivity index (χ4n) is 2.26. The van der Waals surface area contributed by atoms with Gasteiger partial charge in [-0.3, -0.25) is 9.59 Å². The predicted octanol–water partition coefficient (Wildman–Crippen LogP) is 1.75. The van der Waals surface area contributed by atoms with E-state index < -0.39 is 5.63 Å². The number of hydrogen-bond donors (Lipinski definition) is 1. The molecule has 0 saturated heterocycles. The standard InChI is InChI=1S/C15H13N3O4S/c1-9-8-12(20)22-10-2-5-18(14(21)13(9)10)6-3-11(19)17-15-16-4-7-23-15/h2,4-5,7-8H,3,6H2,1H3,(H,16,17,19). The van der Waals surface area contributed by atoms with E-state index in [1.54, 1.807) is 24.6 Å². The summed E-state index contributed by atoms with van der Waals surface area (Å²) in [4.78, 5) is 39.6. The molecule has 23 heavy (non-hydrogen) atoms. The Hall–Kier alpha value is -2.74. The Morgan fingerprint density at radius 2 is 2.26 bits per heavy atom. The van der Waals surface area contributed by atoms with Crippen molar-refractivity contribution in [3.05, 3.63) is 56.2 Å². The number of aryl methyl sites for hydroxylation is 2. The summed E-state index contributed by atoms with van der Waals surface area (Å²) in [6.45, 7) is 1.91. The Labute approximate surface area is 134 Å². The molecule has 1 amide bonds. The first-order valence-corrected chi connectivity index (χ1v) is 7.76. The van der Waals surface area contributed by atoms with E-state index in [9.17, 15) is 14.4 Å². The van der Waals surface area contributed by atoms with Crippen LogP contribution in [0, 0.1) is 6.92 Å². The second-order valence-corrected chi connectivity index (χ2v) is 5.83. The molecule has 3 rings (SSSR count). The summed E-state index contributed by atoms with van der Waals surface area (Å²) in [7, 11) is 0. The van der Waals surface area contributed by atoms with Crippen molar-refractivity contribution in [3.8, 4) is 0 Å². The minimum atomic E-state index is -0.491. The fourth-order valence-corrected chi connectivity index (χ4v) is 2.80. The van der Waals surface area contributed by atoms with Gasteiger partial charge in [-0.25, -0.2) is 9.78 Å². The number of hydrogen-bond acceptors (Lipinski definition) is 6. The van der Waals surface area contributed by atoms with E-state index in [1.165, 1.54) is 28.2 Å². The van der Waals surface area contributed by atoms with Crippen LogP contribution in [0.5, 0.6) is 0 Å². The van der Waals surface area contributed by atoms with Crippen molar-refractivity contribution in [2.45, 2.75) is 19.9 Å². The van der Waals surface area contributed by atoms with Crippen molar-refractivity contribution in [1.29, 1.82) is 0 Å². The van der Waals surface area contributed by atoms with Crippen molar-refractivity contribution in [1.82, 2.24) is 9.55 Å². The highest BCUT2D eigenvalue weighted by Crippen LogP contribution is 2.12. The smallest absolute Gasteiger partial charge is 0.336 e. The van der Waals surface area contributed by atoms with Crippen LogP contribution in [0.1, 0.15) is 12.0 Å². The molecule has 3 heterocycles. The summed E-state index contributed by atoms with van der Waals surface area (Å²) < 4.78 is 6.45. The predicted molar refractivity (Wildman–Crippen MR) is 86.8 cm³/mol. The number of anilines is 1. The fraction of sp³-hybridized carbons (Fsp3) is 0.200. The molecule has 0 aliphatic rings. The van der Waals surface area contributed by atoms with Crippen LogP contribution in [0.3, 0.4) is 0 Å². The lowest BCUT2D eigenvalue weighted by Gasteiger charge is -2.07. The first kappa shape index (κ1) is 15.2. The van der Waals surface area contributed by atoms with Gasteiger partial charge in [-0.05, 0) is 18.6 Å². The first-order chi connectivity index (χ1) is 11.0. The van der Waals surface area contributed by atoms with E-state index in [4.69, 9.17) is 4.42 Å². The molecule has 0 spiro atoms. The maximum absolute atomic E-state index is 12.4. The topological polar surface area (TPSA) is 94.2 Å². The number of thiazole rings is 1. The molecule has 1 N–H and O–H groups in total. The molecular weight excluding hydrogens is 318 g/mol. The Morgan fingerprint density at radius 1 is 1.43 bits per heavy atom. The average Bonchev–Trinajstić information content (AvgIpc) is 2.98. The number of rotatable bonds is 4. The lowest BCUT2D eigenvalue weighted by molar-refractivity contribution is -0.116. The maximum atomic E-state index is 12.4. The molecule has 0 aromatic carbocycles. The normalized spacial score (nSPS) is 10.8. The van der Waals surface area contributed by atoms with Crippen molar-refractivity contribution >= 4 is 33.3 Å². The molecule has 3 aromatic heterocycles. The lowest BCUT2D eigenvalue weighted by atomic mass is 10.2. The molecule has 0 aliphatic heterocycles. The number of carbonyl (C=O) groups excluding carboxylic acids is 1. The summed E-state index contributed by atoms with van der Waals surface area (Å²) in [6, 6.07) is 2.84. The van der Waals surface area contributed by atoms with Crippen LogP contribution in [0.25, 0.3) is 11.0 Å². The lowest BCUT2D eigenvalue weighted by Crippen LogP contribution is -2.23. The number of amides is 1. The van der Waals surface area contributed by atoms with Gasteiger partial charge in [-0.15, -0.1) is 11.3 Å². The molecule has 118 valence electrons. The van der Waals surface area contributed by atoms with Gasteiger partial charge >= 0.3 is 5.63 Å². The zero-order valence-electron chi connectivity index (χ0n) is 12.2. The minimum absolute atomic E-state index is 0.140. The zero-order chi connectivity index (χ0) is 16.4. The number of pyridine rings is 1. The quantitative estimate of drug-likeness (QED) is 0.786. The molecule has 8 heteroatoms. The SMILES string of the molecule is Cc1cc(=O)oc2ccn(CCC(=O)Nc3nccs3)c(=O)c12. The first-order valence-electron chi connectivity index (χ1n) is 6.88. The highest BCUT2D eigenvalue weighted by Gasteiger charge is 2.10. The molecule has 0 saturated carbocycles. The Kier molecular flexibility index (Phi) is 4.07. The largest absolute Gasteiger partial charge is 0.422 e. The molecule has 0 unspecified atom stereocenters. The summed E-state index contributed by atoms with van der Waals surface area (Å²) in [5.41, 5.74) is 0.0344. The highest BCUT2D eigenvalue weighted by molar-refractivity contribution is 7.13. The van der Waals surface area contributed by atoms with E-state index in [2.05, 4.69) is 10.3 Å². The zero-order valence-corrected chi connectivity index (χ0v) is 13.1. The van der Waals surface area contributed by atoms with Crippen LogP contribution in [0.15, 0.2) is 43.9 Å². The molecule has 0 bridgehead atoms. The Balaban J connectivity index is 1.81. The maximum Gasteiger partial charge on any atom is 0.336 e. The molecular formula is C15H13N3O4S. The number of aromatic nitrogens is 2. The van der Waals surface area contributed by atoms with E-state index in [0.29, 0.717) is 16.1 Å². The van der Waals surface area contributed by atoms with E-state index in [0.717, 1.165) is 0 Å².